The van der Waals surface area contributed by atoms with Gasteiger partial charge in [0.2, 0.25) is 0 Å². The number of carbonyl (C=O) groups is 2. The van der Waals surface area contributed by atoms with Crippen molar-refractivity contribution in [2.24, 2.45) is 0 Å². The van der Waals surface area contributed by atoms with Crippen LogP contribution in [0.4, 0.5) is 5.69 Å². The zero-order valence-corrected chi connectivity index (χ0v) is 11.4. The molecule has 1 atom stereocenters. The Bertz CT molecular complexity index is 538. The molecule has 4 nitrogen and oxygen atoms in total. The minimum atomic E-state index is -0.196. The predicted molar refractivity (Wildman–Crippen MR) is 76.3 cm³/mol. The lowest BCUT2D eigenvalue weighted by molar-refractivity contribution is 0.0653. The number of amides is 2. The third-order valence-electron chi connectivity index (χ3n) is 3.65. The number of hydrogen-bond acceptors (Lipinski definition) is 4. The predicted octanol–water partition coefficient (Wildman–Crippen LogP) is 2.15. The van der Waals surface area contributed by atoms with Crippen molar-refractivity contribution in [1.29, 1.82) is 0 Å². The molecule has 19 heavy (non-hydrogen) atoms. The fourth-order valence-corrected chi connectivity index (χ4v) is 3.92. The Kier molecular flexibility index (Phi) is 3.22. The van der Waals surface area contributed by atoms with E-state index in [0.29, 0.717) is 28.6 Å². The molecule has 2 N–H and O–H groups in total. The lowest BCUT2D eigenvalue weighted by Crippen LogP contribution is -2.36. The Hall–Kier alpha value is -1.49. The van der Waals surface area contributed by atoms with Gasteiger partial charge < -0.3 is 5.73 Å². The lowest BCUT2D eigenvalue weighted by Gasteiger charge is -2.25. The van der Waals surface area contributed by atoms with Crippen molar-refractivity contribution in [3.8, 4) is 0 Å². The monoisotopic (exact) mass is 276 g/mol. The number of carbonyl (C=O) groups excluding carboxylic acids is 2. The van der Waals surface area contributed by atoms with Crippen LogP contribution in [0.2, 0.25) is 0 Å². The van der Waals surface area contributed by atoms with Gasteiger partial charge in [-0.15, -0.1) is 0 Å². The first-order valence-electron chi connectivity index (χ1n) is 6.54. The Morgan fingerprint density at radius 1 is 1.21 bits per heavy atom. The Balaban J connectivity index is 1.81. The molecular weight excluding hydrogens is 260 g/mol. The van der Waals surface area contributed by atoms with Crippen molar-refractivity contribution in [3.05, 3.63) is 29.3 Å². The van der Waals surface area contributed by atoms with Crippen LogP contribution in [0.15, 0.2) is 18.2 Å². The van der Waals surface area contributed by atoms with Crippen LogP contribution in [0.25, 0.3) is 0 Å². The van der Waals surface area contributed by atoms with Crippen LogP contribution in [0.3, 0.4) is 0 Å². The number of benzene rings is 1. The average molecular weight is 276 g/mol. The van der Waals surface area contributed by atoms with Gasteiger partial charge in [0, 0.05) is 17.5 Å². The van der Waals surface area contributed by atoms with Gasteiger partial charge in [0.15, 0.2) is 0 Å². The molecule has 0 bridgehead atoms. The maximum Gasteiger partial charge on any atom is 0.261 e. The van der Waals surface area contributed by atoms with Crippen LogP contribution in [0.1, 0.15) is 40.0 Å². The summed E-state index contributed by atoms with van der Waals surface area (Å²) in [5, 5.41) is 0.383. The molecule has 0 saturated carbocycles. The van der Waals surface area contributed by atoms with Crippen LogP contribution in [-0.4, -0.2) is 34.3 Å². The maximum absolute atomic E-state index is 12.3. The minimum absolute atomic E-state index is 0.175. The molecule has 1 fully saturated rings. The number of imide groups is 1. The summed E-state index contributed by atoms with van der Waals surface area (Å²) in [4.78, 5) is 25.9. The zero-order valence-electron chi connectivity index (χ0n) is 10.6. The summed E-state index contributed by atoms with van der Waals surface area (Å²) in [6, 6.07) is 4.92. The Labute approximate surface area is 116 Å². The highest BCUT2D eigenvalue weighted by Gasteiger charge is 2.36. The maximum atomic E-state index is 12.3. The van der Waals surface area contributed by atoms with Gasteiger partial charge in [-0.25, -0.2) is 0 Å². The van der Waals surface area contributed by atoms with Crippen LogP contribution in [0, 0.1) is 0 Å². The third kappa shape index (κ3) is 2.23. The summed E-state index contributed by atoms with van der Waals surface area (Å²) in [5.74, 6) is 0.755. The molecule has 3 rings (SSSR count). The fourth-order valence-electron chi connectivity index (χ4n) is 2.63. The number of nitrogens with zero attached hydrogens (tertiary/aromatic N) is 1. The molecule has 0 spiro atoms. The first-order valence-corrected chi connectivity index (χ1v) is 7.59. The minimum Gasteiger partial charge on any atom is -0.399 e. The highest BCUT2D eigenvalue weighted by atomic mass is 32.2. The molecule has 2 amide bonds. The normalized spacial score (nSPS) is 22.7. The zero-order chi connectivity index (χ0) is 13.4. The Morgan fingerprint density at radius 2 is 2.00 bits per heavy atom. The summed E-state index contributed by atoms with van der Waals surface area (Å²) in [6.45, 7) is 0.525. The smallest absolute Gasteiger partial charge is 0.261 e. The second-order valence-corrected chi connectivity index (χ2v) is 6.42. The van der Waals surface area contributed by atoms with E-state index >= 15 is 0 Å². The number of thioether (sulfide) groups is 1. The van der Waals surface area contributed by atoms with E-state index in [0.717, 1.165) is 12.2 Å². The summed E-state index contributed by atoms with van der Waals surface area (Å²) in [5.41, 5.74) is 7.14. The standard InChI is InChI=1S/C14H16N2O2S/c15-9-4-5-11-12(7-9)14(18)16(13(11)17)8-10-3-1-2-6-19-10/h4-5,7,10H,1-3,6,8,15H2. The van der Waals surface area contributed by atoms with Gasteiger partial charge in [-0.05, 0) is 36.8 Å². The number of hydrogen-bond donors (Lipinski definition) is 1. The van der Waals surface area contributed by atoms with Gasteiger partial charge >= 0.3 is 0 Å². The highest BCUT2D eigenvalue weighted by Crippen LogP contribution is 2.30. The van der Waals surface area contributed by atoms with Crippen LogP contribution < -0.4 is 5.73 Å². The second kappa shape index (κ2) is 4.89. The van der Waals surface area contributed by atoms with Crippen LogP contribution in [0.5, 0.6) is 0 Å². The molecular formula is C14H16N2O2S. The topological polar surface area (TPSA) is 63.4 Å². The number of fused-ring (bicyclic) bond motifs is 1. The molecule has 0 radical (unpaired) electrons. The quantitative estimate of drug-likeness (QED) is 0.664. The number of nitrogen functional groups attached to an aromatic ring is 1. The van der Waals surface area contributed by atoms with E-state index in [1.54, 1.807) is 18.2 Å². The van der Waals surface area contributed by atoms with Crippen LogP contribution >= 0.6 is 11.8 Å². The second-order valence-electron chi connectivity index (χ2n) is 5.01. The molecule has 0 aliphatic carbocycles. The van der Waals surface area contributed by atoms with Gasteiger partial charge in [-0.2, -0.15) is 11.8 Å². The molecule has 1 aromatic rings. The molecule has 0 aromatic heterocycles. The summed E-state index contributed by atoms with van der Waals surface area (Å²) in [7, 11) is 0. The van der Waals surface area contributed by atoms with Crippen molar-refractivity contribution >= 4 is 29.3 Å². The Morgan fingerprint density at radius 3 is 2.74 bits per heavy atom. The van der Waals surface area contributed by atoms with Gasteiger partial charge in [0.05, 0.1) is 11.1 Å². The summed E-state index contributed by atoms with van der Waals surface area (Å²) in [6.07, 6.45) is 3.51. The van der Waals surface area contributed by atoms with E-state index < -0.39 is 0 Å². The van der Waals surface area contributed by atoms with E-state index in [9.17, 15) is 9.59 Å². The van der Waals surface area contributed by atoms with Crippen LogP contribution in [-0.2, 0) is 0 Å². The molecule has 2 aliphatic heterocycles. The van der Waals surface area contributed by atoms with Crippen molar-refractivity contribution in [1.82, 2.24) is 4.90 Å². The molecule has 2 aliphatic rings. The largest absolute Gasteiger partial charge is 0.399 e. The fraction of sp³-hybridized carbons (Fsp3) is 0.429. The van der Waals surface area contributed by atoms with Gasteiger partial charge in [-0.1, -0.05) is 6.42 Å². The van der Waals surface area contributed by atoms with Crippen molar-refractivity contribution in [2.75, 3.05) is 18.0 Å². The highest BCUT2D eigenvalue weighted by molar-refractivity contribution is 7.99. The first kappa shape index (κ1) is 12.5. The van der Waals surface area contributed by atoms with E-state index in [4.69, 9.17) is 5.73 Å². The van der Waals surface area contributed by atoms with Crippen molar-refractivity contribution < 1.29 is 9.59 Å². The number of anilines is 1. The van der Waals surface area contributed by atoms with Gasteiger partial charge in [0.25, 0.3) is 11.8 Å². The third-order valence-corrected chi connectivity index (χ3v) is 5.04. The first-order chi connectivity index (χ1) is 9.16. The van der Waals surface area contributed by atoms with E-state index in [-0.39, 0.29) is 11.8 Å². The van der Waals surface area contributed by atoms with Crippen molar-refractivity contribution in [2.45, 2.75) is 24.5 Å². The molecule has 5 heteroatoms. The van der Waals surface area contributed by atoms with Crippen molar-refractivity contribution in [3.63, 3.8) is 0 Å². The van der Waals surface area contributed by atoms with E-state index in [1.165, 1.54) is 17.7 Å². The molecule has 1 saturated heterocycles. The summed E-state index contributed by atoms with van der Waals surface area (Å²) >= 11 is 1.87. The molecule has 2 heterocycles. The number of nitrogens with two attached hydrogens (primary N) is 1. The molecule has 1 unspecified atom stereocenters. The van der Waals surface area contributed by atoms with Gasteiger partial charge in [-0.3, -0.25) is 14.5 Å². The van der Waals surface area contributed by atoms with E-state index in [2.05, 4.69) is 0 Å². The molecule has 100 valence electrons. The molecule has 1 aromatic carbocycles. The lowest BCUT2D eigenvalue weighted by atomic mass is 10.1. The summed E-state index contributed by atoms with van der Waals surface area (Å²) < 4.78 is 0. The van der Waals surface area contributed by atoms with E-state index in [1.807, 2.05) is 11.8 Å². The van der Waals surface area contributed by atoms with Gasteiger partial charge in [0.1, 0.15) is 0 Å². The average Bonchev–Trinajstić information content (AvgIpc) is 2.65. The number of rotatable bonds is 2. The SMILES string of the molecule is Nc1ccc2c(c1)C(=O)N(CC1CCCCS1)C2=O.